The lowest BCUT2D eigenvalue weighted by molar-refractivity contribution is -0.195. The van der Waals surface area contributed by atoms with Crippen LogP contribution in [0.15, 0.2) is 22.1 Å². The largest absolute Gasteiger partial charge is 0.478 e. The van der Waals surface area contributed by atoms with Crippen LogP contribution in [0.5, 0.6) is 0 Å². The van der Waals surface area contributed by atoms with E-state index in [-0.39, 0.29) is 35.1 Å². The van der Waals surface area contributed by atoms with Crippen molar-refractivity contribution < 1.29 is 27.8 Å². The van der Waals surface area contributed by atoms with Crippen LogP contribution < -0.4 is 0 Å². The van der Waals surface area contributed by atoms with Crippen LogP contribution >= 0.6 is 11.6 Å². The van der Waals surface area contributed by atoms with Crippen molar-refractivity contribution in [1.29, 1.82) is 0 Å². The van der Waals surface area contributed by atoms with Gasteiger partial charge in [0.25, 0.3) is 0 Å². The molecule has 1 aromatic heterocycles. The summed E-state index contributed by atoms with van der Waals surface area (Å²) in [5.74, 6) is -1.24. The van der Waals surface area contributed by atoms with Crippen LogP contribution in [0.25, 0.3) is 0 Å². The molecule has 0 aromatic carbocycles. The number of ether oxygens (including phenoxy) is 1. The molecule has 1 aliphatic carbocycles. The molecule has 3 rings (SSSR count). The average molecular weight is 362 g/mol. The number of nitrogens with zero attached hydrogens (tertiary/aromatic N) is 3. The van der Waals surface area contributed by atoms with Gasteiger partial charge in [0.1, 0.15) is 17.2 Å². The van der Waals surface area contributed by atoms with Crippen LogP contribution in [-0.2, 0) is 4.74 Å². The molecule has 1 unspecified atom stereocenters. The number of halogens is 4. The highest BCUT2D eigenvalue weighted by atomic mass is 35.5. The lowest BCUT2D eigenvalue weighted by Gasteiger charge is -2.18. The van der Waals surface area contributed by atoms with Crippen molar-refractivity contribution in [3.8, 4) is 0 Å². The molecule has 1 N–H and O–H groups in total. The summed E-state index contributed by atoms with van der Waals surface area (Å²) >= 11 is 5.77. The summed E-state index contributed by atoms with van der Waals surface area (Å²) in [6.45, 7) is -0.500. The molecular formula is C14H11ClF3N3O3. The molecule has 0 saturated heterocycles. The molecule has 10 heteroatoms. The third kappa shape index (κ3) is 3.08. The summed E-state index contributed by atoms with van der Waals surface area (Å²) in [6, 6.07) is 2.65. The van der Waals surface area contributed by atoms with Crippen molar-refractivity contribution in [2.45, 2.75) is 25.2 Å². The molecule has 6 nitrogen and oxygen atoms in total. The lowest BCUT2D eigenvalue weighted by Crippen LogP contribution is -2.30. The zero-order valence-electron chi connectivity index (χ0n) is 12.0. The fraction of sp³-hybridized carbons (Fsp3) is 0.429. The number of carboxylic acids is 1. The van der Waals surface area contributed by atoms with E-state index in [0.717, 1.165) is 0 Å². The maximum atomic E-state index is 12.8. The smallest absolute Gasteiger partial charge is 0.397 e. The van der Waals surface area contributed by atoms with Crippen LogP contribution in [0.4, 0.5) is 13.2 Å². The Hall–Kier alpha value is -2.16. The van der Waals surface area contributed by atoms with Crippen molar-refractivity contribution in [3.05, 3.63) is 28.5 Å². The van der Waals surface area contributed by atoms with Crippen molar-refractivity contribution in [1.82, 2.24) is 4.98 Å². The molecule has 128 valence electrons. The van der Waals surface area contributed by atoms with Crippen LogP contribution in [0, 0.1) is 5.41 Å². The highest BCUT2D eigenvalue weighted by Gasteiger charge is 2.64. The number of rotatable bonds is 4. The second kappa shape index (κ2) is 5.73. The number of aromatic carboxylic acids is 1. The molecule has 1 aliphatic heterocycles. The number of hydrogen-bond acceptors (Lipinski definition) is 5. The van der Waals surface area contributed by atoms with Gasteiger partial charge in [0.05, 0.1) is 17.5 Å². The summed E-state index contributed by atoms with van der Waals surface area (Å²) in [4.78, 5) is 22.8. The minimum atomic E-state index is -4.30. The van der Waals surface area contributed by atoms with E-state index in [2.05, 4.69) is 15.0 Å². The molecule has 1 fully saturated rings. The molecule has 2 heterocycles. The summed E-state index contributed by atoms with van der Waals surface area (Å²) < 4.78 is 43.6. The summed E-state index contributed by atoms with van der Waals surface area (Å²) in [6.07, 6.45) is -3.82. The predicted octanol–water partition coefficient (Wildman–Crippen LogP) is 3.27. The molecule has 0 spiro atoms. The van der Waals surface area contributed by atoms with Crippen LogP contribution in [0.2, 0.25) is 5.15 Å². The fourth-order valence-electron chi connectivity index (χ4n) is 2.16. The Morgan fingerprint density at radius 3 is 2.67 bits per heavy atom. The second-order valence-electron chi connectivity index (χ2n) is 5.57. The zero-order chi connectivity index (χ0) is 17.5. The molecule has 24 heavy (non-hydrogen) atoms. The molecule has 0 amide bonds. The number of aromatic nitrogens is 1. The van der Waals surface area contributed by atoms with Gasteiger partial charge in [-0.1, -0.05) is 11.6 Å². The third-order valence-corrected chi connectivity index (χ3v) is 4.18. The first-order valence-corrected chi connectivity index (χ1v) is 7.30. The maximum absolute atomic E-state index is 12.8. The normalized spacial score (nSPS) is 21.5. The van der Waals surface area contributed by atoms with E-state index in [1.54, 1.807) is 0 Å². The topological polar surface area (TPSA) is 84.1 Å². The van der Waals surface area contributed by atoms with Gasteiger partial charge in [-0.2, -0.15) is 13.2 Å². The van der Waals surface area contributed by atoms with Gasteiger partial charge in [-0.3, -0.25) is 4.99 Å². The summed E-state index contributed by atoms with van der Waals surface area (Å²) in [7, 11) is 0. The van der Waals surface area contributed by atoms with E-state index in [4.69, 9.17) is 21.4 Å². The average Bonchev–Trinajstić information content (AvgIpc) is 3.16. The number of alkyl halides is 3. The Balaban J connectivity index is 1.67. The Morgan fingerprint density at radius 1 is 1.42 bits per heavy atom. The predicted molar refractivity (Wildman–Crippen MR) is 78.5 cm³/mol. The van der Waals surface area contributed by atoms with Gasteiger partial charge >= 0.3 is 12.1 Å². The van der Waals surface area contributed by atoms with Gasteiger partial charge < -0.3 is 9.84 Å². The van der Waals surface area contributed by atoms with E-state index in [1.807, 2.05) is 0 Å². The van der Waals surface area contributed by atoms with Gasteiger partial charge in [-0.05, 0) is 25.0 Å². The molecule has 1 aromatic rings. The van der Waals surface area contributed by atoms with Gasteiger partial charge in [0.15, 0.2) is 6.17 Å². The number of carboxylic acid groups (broad SMARTS) is 1. The third-order valence-electron chi connectivity index (χ3n) is 3.89. The SMILES string of the molecule is O=C(O)c1ccc(C2N=CC(OCC3(C(F)(F)F)CC3)=N2)nc1Cl. The maximum Gasteiger partial charge on any atom is 0.397 e. The molecule has 1 atom stereocenters. The Bertz CT molecular complexity index is 745. The standard InChI is InChI=1S/C14H11ClF3N3O3/c15-10-7(12(22)23)1-2-8(20-10)11-19-5-9(21-11)24-6-13(3-4-13)14(16,17)18/h1-2,5,11H,3-4,6H2,(H,22,23). The van der Waals surface area contributed by atoms with Gasteiger partial charge in [0.2, 0.25) is 5.90 Å². The molecule has 0 radical (unpaired) electrons. The van der Waals surface area contributed by atoms with E-state index in [9.17, 15) is 18.0 Å². The molecule has 2 aliphatic rings. The number of hydrogen-bond donors (Lipinski definition) is 1. The first-order valence-electron chi connectivity index (χ1n) is 6.92. The van der Waals surface area contributed by atoms with Crippen LogP contribution in [0.1, 0.15) is 35.1 Å². The van der Waals surface area contributed by atoms with Crippen LogP contribution in [-0.4, -0.2) is 41.0 Å². The molecular weight excluding hydrogens is 351 g/mol. The van der Waals surface area contributed by atoms with E-state index < -0.39 is 30.3 Å². The first kappa shape index (κ1) is 16.7. The summed E-state index contributed by atoms with van der Waals surface area (Å²) in [5, 5.41) is 8.67. The lowest BCUT2D eigenvalue weighted by atomic mass is 10.1. The van der Waals surface area contributed by atoms with Gasteiger partial charge in [0, 0.05) is 0 Å². The summed E-state index contributed by atoms with van der Waals surface area (Å²) in [5.41, 5.74) is -1.67. The van der Waals surface area contributed by atoms with Gasteiger partial charge in [-0.15, -0.1) is 0 Å². The highest BCUT2D eigenvalue weighted by molar-refractivity contribution is 6.32. The van der Waals surface area contributed by atoms with E-state index >= 15 is 0 Å². The van der Waals surface area contributed by atoms with Crippen molar-refractivity contribution >= 4 is 29.7 Å². The van der Waals surface area contributed by atoms with Crippen molar-refractivity contribution in [2.75, 3.05) is 6.61 Å². The van der Waals surface area contributed by atoms with E-state index in [1.165, 1.54) is 18.3 Å². The van der Waals surface area contributed by atoms with E-state index in [0.29, 0.717) is 0 Å². The van der Waals surface area contributed by atoms with Crippen molar-refractivity contribution in [3.63, 3.8) is 0 Å². The van der Waals surface area contributed by atoms with Gasteiger partial charge in [-0.25, -0.2) is 14.8 Å². The minimum absolute atomic E-state index is 0.0178. The Labute approximate surface area is 139 Å². The minimum Gasteiger partial charge on any atom is -0.478 e. The quantitative estimate of drug-likeness (QED) is 0.834. The first-order chi connectivity index (χ1) is 11.2. The number of carbonyl (C=O) groups is 1. The monoisotopic (exact) mass is 361 g/mol. The number of aliphatic imine (C=N–C) groups is 2. The highest BCUT2D eigenvalue weighted by Crippen LogP contribution is 2.57. The second-order valence-corrected chi connectivity index (χ2v) is 5.92. The molecule has 0 bridgehead atoms. The zero-order valence-corrected chi connectivity index (χ0v) is 12.8. The number of pyridine rings is 1. The Morgan fingerprint density at radius 2 is 2.12 bits per heavy atom. The molecule has 1 saturated carbocycles. The Kier molecular flexibility index (Phi) is 3.98. The van der Waals surface area contributed by atoms with Crippen molar-refractivity contribution in [2.24, 2.45) is 15.4 Å². The fourth-order valence-corrected chi connectivity index (χ4v) is 2.40. The van der Waals surface area contributed by atoms with Crippen LogP contribution in [0.3, 0.4) is 0 Å².